The van der Waals surface area contributed by atoms with Crippen LogP contribution < -0.4 is 0 Å². The number of ether oxygens (including phenoxy) is 3. The summed E-state index contributed by atoms with van der Waals surface area (Å²) in [5, 5.41) is 0. The Kier molecular flexibility index (Phi) is 59.5. The molecule has 0 aliphatic heterocycles. The summed E-state index contributed by atoms with van der Waals surface area (Å²) >= 11 is 0. The highest BCUT2D eigenvalue weighted by atomic mass is 16.6. The molecule has 0 aromatic rings. The molecular weight excluding hydrogens is 949 g/mol. The molecule has 0 radical (unpaired) electrons. The van der Waals surface area contributed by atoms with Crippen molar-refractivity contribution in [3.63, 3.8) is 0 Å². The van der Waals surface area contributed by atoms with Crippen LogP contribution in [0, 0.1) is 0 Å². The fraction of sp³-hybridized carbons (Fsp3) is 0.592. The monoisotopic (exact) mass is 1060 g/mol. The van der Waals surface area contributed by atoms with E-state index in [0.717, 1.165) is 161 Å². The van der Waals surface area contributed by atoms with Crippen molar-refractivity contribution in [1.82, 2.24) is 0 Å². The molecule has 0 N–H and O–H groups in total. The molecule has 0 spiro atoms. The lowest BCUT2D eigenvalue weighted by Gasteiger charge is -2.18. The fourth-order valence-electron chi connectivity index (χ4n) is 7.98. The summed E-state index contributed by atoms with van der Waals surface area (Å²) in [6.45, 7) is 6.24. The first-order valence-corrected chi connectivity index (χ1v) is 31.0. The molecule has 432 valence electrons. The molecule has 6 heteroatoms. The van der Waals surface area contributed by atoms with E-state index in [9.17, 15) is 14.4 Å². The minimum Gasteiger partial charge on any atom is -0.462 e. The molecule has 0 aromatic carbocycles. The fourth-order valence-corrected chi connectivity index (χ4v) is 7.98. The van der Waals surface area contributed by atoms with Gasteiger partial charge in [0.05, 0.1) is 0 Å². The third kappa shape index (κ3) is 61.8. The Morgan fingerprint density at radius 2 is 0.468 bits per heavy atom. The quantitative estimate of drug-likeness (QED) is 0.0261. The molecule has 0 aromatic heterocycles. The van der Waals surface area contributed by atoms with Crippen LogP contribution in [0.25, 0.3) is 0 Å². The lowest BCUT2D eigenvalue weighted by atomic mass is 10.1. The second kappa shape index (κ2) is 63.6. The van der Waals surface area contributed by atoms with Crippen LogP contribution in [0.15, 0.2) is 158 Å². The van der Waals surface area contributed by atoms with Crippen LogP contribution >= 0.6 is 0 Å². The van der Waals surface area contributed by atoms with E-state index in [2.05, 4.69) is 179 Å². The summed E-state index contributed by atoms with van der Waals surface area (Å²) in [5.41, 5.74) is 0. The van der Waals surface area contributed by atoms with Gasteiger partial charge in [-0.1, -0.05) is 249 Å². The summed E-state index contributed by atoms with van der Waals surface area (Å²) in [6.07, 6.45) is 92.5. The lowest BCUT2D eigenvalue weighted by Crippen LogP contribution is -2.30. The summed E-state index contributed by atoms with van der Waals surface area (Å²) in [7, 11) is 0. The van der Waals surface area contributed by atoms with E-state index < -0.39 is 6.10 Å². The summed E-state index contributed by atoms with van der Waals surface area (Å²) in [5.74, 6) is -0.977. The highest BCUT2D eigenvalue weighted by Crippen LogP contribution is 2.14. The maximum atomic E-state index is 12.9. The van der Waals surface area contributed by atoms with Gasteiger partial charge in [-0.25, -0.2) is 0 Å². The van der Waals surface area contributed by atoms with Crippen LogP contribution in [-0.4, -0.2) is 37.2 Å². The van der Waals surface area contributed by atoms with Crippen LogP contribution in [0.3, 0.4) is 0 Å². The molecule has 0 heterocycles. The molecule has 1 atom stereocenters. The van der Waals surface area contributed by atoms with E-state index in [0.29, 0.717) is 19.3 Å². The number of hydrogen-bond acceptors (Lipinski definition) is 6. The van der Waals surface area contributed by atoms with Gasteiger partial charge >= 0.3 is 17.9 Å². The molecule has 0 rings (SSSR count). The predicted molar refractivity (Wildman–Crippen MR) is 334 cm³/mol. The highest BCUT2D eigenvalue weighted by Gasteiger charge is 2.19. The Morgan fingerprint density at radius 3 is 0.753 bits per heavy atom. The van der Waals surface area contributed by atoms with Gasteiger partial charge in [0, 0.05) is 19.3 Å². The molecule has 0 bridgehead atoms. The normalized spacial score (nSPS) is 13.2. The number of carbonyl (C=O) groups excluding carboxylic acids is 3. The first-order valence-electron chi connectivity index (χ1n) is 31.0. The zero-order valence-corrected chi connectivity index (χ0v) is 49.4. The third-order valence-corrected chi connectivity index (χ3v) is 12.5. The van der Waals surface area contributed by atoms with Crippen LogP contribution in [0.1, 0.15) is 252 Å². The number of unbranched alkanes of at least 4 members (excludes halogenated alkanes) is 17. The smallest absolute Gasteiger partial charge is 0.306 e. The Morgan fingerprint density at radius 1 is 0.260 bits per heavy atom. The Hall–Kier alpha value is -4.97. The number of allylic oxidation sites excluding steroid dienone is 26. The summed E-state index contributed by atoms with van der Waals surface area (Å²) in [4.78, 5) is 38.2. The predicted octanol–water partition coefficient (Wildman–Crippen LogP) is 21.3. The van der Waals surface area contributed by atoms with Crippen molar-refractivity contribution in [2.24, 2.45) is 0 Å². The Labute approximate surface area is 473 Å². The second-order valence-corrected chi connectivity index (χ2v) is 19.8. The molecule has 6 nitrogen and oxygen atoms in total. The van der Waals surface area contributed by atoms with Gasteiger partial charge in [0.15, 0.2) is 6.10 Å². The summed E-state index contributed by atoms with van der Waals surface area (Å²) < 4.78 is 16.8. The minimum atomic E-state index is -0.817. The lowest BCUT2D eigenvalue weighted by molar-refractivity contribution is -0.167. The molecular formula is C71H112O6. The molecule has 77 heavy (non-hydrogen) atoms. The van der Waals surface area contributed by atoms with Gasteiger partial charge in [0.2, 0.25) is 0 Å². The maximum Gasteiger partial charge on any atom is 0.306 e. The average molecular weight is 1060 g/mol. The van der Waals surface area contributed by atoms with Crippen molar-refractivity contribution >= 4 is 17.9 Å². The Balaban J connectivity index is 4.37. The van der Waals surface area contributed by atoms with E-state index in [1.807, 2.05) is 0 Å². The number of hydrogen-bond donors (Lipinski definition) is 0. The molecule has 0 fully saturated rings. The largest absolute Gasteiger partial charge is 0.462 e. The molecule has 0 aliphatic rings. The number of carbonyl (C=O) groups is 3. The van der Waals surface area contributed by atoms with E-state index in [-0.39, 0.29) is 37.5 Å². The second-order valence-electron chi connectivity index (χ2n) is 19.8. The van der Waals surface area contributed by atoms with Gasteiger partial charge in [-0.15, -0.1) is 0 Å². The number of esters is 3. The van der Waals surface area contributed by atoms with Crippen LogP contribution in [-0.2, 0) is 28.6 Å². The molecule has 0 amide bonds. The van der Waals surface area contributed by atoms with Crippen molar-refractivity contribution in [3.8, 4) is 0 Å². The van der Waals surface area contributed by atoms with Gasteiger partial charge in [-0.2, -0.15) is 0 Å². The van der Waals surface area contributed by atoms with Gasteiger partial charge < -0.3 is 14.2 Å². The van der Waals surface area contributed by atoms with Gasteiger partial charge in [-0.3, -0.25) is 14.4 Å². The van der Waals surface area contributed by atoms with E-state index >= 15 is 0 Å². The van der Waals surface area contributed by atoms with Crippen molar-refractivity contribution in [1.29, 1.82) is 0 Å². The van der Waals surface area contributed by atoms with Gasteiger partial charge in [-0.05, 0) is 141 Å². The minimum absolute atomic E-state index is 0.109. The maximum absolute atomic E-state index is 12.9. The van der Waals surface area contributed by atoms with E-state index in [4.69, 9.17) is 14.2 Å². The zero-order chi connectivity index (χ0) is 55.7. The van der Waals surface area contributed by atoms with Gasteiger partial charge in [0.25, 0.3) is 0 Å². The molecule has 0 aliphatic carbocycles. The van der Waals surface area contributed by atoms with Crippen LogP contribution in [0.4, 0.5) is 0 Å². The van der Waals surface area contributed by atoms with Crippen molar-refractivity contribution in [2.45, 2.75) is 258 Å². The van der Waals surface area contributed by atoms with Crippen molar-refractivity contribution in [2.75, 3.05) is 13.2 Å². The van der Waals surface area contributed by atoms with Crippen molar-refractivity contribution in [3.05, 3.63) is 158 Å². The first kappa shape index (κ1) is 72.0. The van der Waals surface area contributed by atoms with Gasteiger partial charge in [0.1, 0.15) is 13.2 Å². The average Bonchev–Trinajstić information content (AvgIpc) is 3.43. The van der Waals surface area contributed by atoms with Crippen LogP contribution in [0.2, 0.25) is 0 Å². The molecule has 0 saturated carbocycles. The van der Waals surface area contributed by atoms with Crippen molar-refractivity contribution < 1.29 is 28.6 Å². The first-order chi connectivity index (χ1) is 38.0. The van der Waals surface area contributed by atoms with E-state index in [1.54, 1.807) is 0 Å². The summed E-state index contributed by atoms with van der Waals surface area (Å²) in [6, 6.07) is 0. The standard InChI is InChI=1S/C71H112O6/c1-4-7-10-13-16-19-22-25-28-29-30-31-32-33-34-35-36-37-38-39-40-41-44-46-49-52-55-58-61-64-70(73)76-67-68(77-71(74)65-62-59-56-53-50-47-43-27-24-21-18-15-12-9-6-3)66-75-69(72)63-60-57-54-51-48-45-42-26-23-20-17-14-11-8-5-2/h7-12,16-21,25-28,30-31,33-34,36-37,42-43,50,53,68H,4-6,13-15,22-24,29,32,35,38-41,44-49,51-52,54-67H2,1-3H3/b10-7-,11-8-,12-9-,19-16-,20-17-,21-18-,28-25-,31-30-,34-33-,37-36-,42-26-,43-27-,53-50-. The zero-order valence-electron chi connectivity index (χ0n) is 49.4. The molecule has 1 unspecified atom stereocenters. The van der Waals surface area contributed by atoms with E-state index in [1.165, 1.54) is 44.9 Å². The number of rotatable bonds is 54. The highest BCUT2D eigenvalue weighted by molar-refractivity contribution is 5.71. The Bertz CT molecular complexity index is 1740. The molecule has 0 saturated heterocycles. The third-order valence-electron chi connectivity index (χ3n) is 12.5. The topological polar surface area (TPSA) is 78.9 Å². The SMILES string of the molecule is CC/C=C\C/C=C\C/C=C\C/C=C\C/C=C\C/C=C\CCCCCCCCCCCCC(=O)OCC(COC(=O)CCCCCCC/C=C\C/C=C\C/C=C\CC)OC(=O)CCCC/C=C\C/C=C\C/C=C\C/C=C\CC. The van der Waals surface area contributed by atoms with Crippen LogP contribution in [0.5, 0.6) is 0 Å².